The molecule has 2 aromatic rings. The number of aliphatic hydroxyl groups excluding tert-OH is 2. The summed E-state index contributed by atoms with van der Waals surface area (Å²) in [7, 11) is 0. The molecule has 1 amide bonds. The number of hydrogen-bond acceptors (Lipinski definition) is 6. The van der Waals surface area contributed by atoms with Crippen molar-refractivity contribution in [1.29, 1.82) is 0 Å². The molecule has 2 heterocycles. The van der Waals surface area contributed by atoms with Crippen molar-refractivity contribution in [2.24, 2.45) is 0 Å². The summed E-state index contributed by atoms with van der Waals surface area (Å²) in [4.78, 5) is 15.0. The molecule has 2 aliphatic rings. The van der Waals surface area contributed by atoms with E-state index in [0.717, 1.165) is 25.9 Å². The summed E-state index contributed by atoms with van der Waals surface area (Å²) < 4.78 is 11.2. The molecule has 160 valence electrons. The van der Waals surface area contributed by atoms with Gasteiger partial charge >= 0.3 is 0 Å². The fourth-order valence-electron chi connectivity index (χ4n) is 3.99. The molecule has 7 nitrogen and oxygen atoms in total. The number of ether oxygens (including phenoxy) is 2. The maximum Gasteiger partial charge on any atom is 0.253 e. The van der Waals surface area contributed by atoms with E-state index in [1.165, 1.54) is 0 Å². The second kappa shape index (κ2) is 9.47. The summed E-state index contributed by atoms with van der Waals surface area (Å²) in [5, 5.41) is 24.5. The molecule has 2 aliphatic heterocycles. The van der Waals surface area contributed by atoms with Gasteiger partial charge in [0.05, 0.1) is 6.04 Å². The molecule has 1 saturated heterocycles. The topological polar surface area (TPSA) is 91.3 Å². The molecule has 0 aliphatic carbocycles. The van der Waals surface area contributed by atoms with Gasteiger partial charge in [0.15, 0.2) is 17.6 Å². The van der Waals surface area contributed by atoms with Gasteiger partial charge in [-0.3, -0.25) is 4.79 Å². The first kappa shape index (κ1) is 20.7. The number of rotatable bonds is 7. The van der Waals surface area contributed by atoms with Gasteiger partial charge in [-0.05, 0) is 49.2 Å². The number of carbonyl (C=O) groups is 1. The smallest absolute Gasteiger partial charge is 0.253 e. The molecule has 7 heteroatoms. The molecule has 0 bridgehead atoms. The standard InChI is InChI=1S/C23H28N2O5/c26-21(17-8-9-19-20(14-17)30-13-12-29-19)18(15-25-10-4-5-11-25)24-23(28)22(27)16-6-2-1-3-7-16/h1-3,6-9,14,18,21-22,26-27H,4-5,10-13,15H2,(H,24,28)/t18-,21-,22?/m1/s1. The number of carbonyl (C=O) groups excluding carboxylic acids is 1. The van der Waals surface area contributed by atoms with Crippen LogP contribution in [0.1, 0.15) is 36.2 Å². The van der Waals surface area contributed by atoms with E-state index in [9.17, 15) is 15.0 Å². The van der Waals surface area contributed by atoms with Crippen molar-refractivity contribution in [2.75, 3.05) is 32.8 Å². The highest BCUT2D eigenvalue weighted by Gasteiger charge is 2.30. The monoisotopic (exact) mass is 412 g/mol. The normalized spacial score (nSPS) is 19.1. The Balaban J connectivity index is 1.52. The Bertz CT molecular complexity index is 854. The number of likely N-dealkylation sites (tertiary alicyclic amines) is 1. The van der Waals surface area contributed by atoms with Gasteiger partial charge < -0.3 is 29.9 Å². The second-order valence-corrected chi connectivity index (χ2v) is 7.78. The average molecular weight is 412 g/mol. The second-order valence-electron chi connectivity index (χ2n) is 7.78. The third-order valence-electron chi connectivity index (χ3n) is 5.63. The van der Waals surface area contributed by atoms with E-state index in [2.05, 4.69) is 10.2 Å². The number of fused-ring (bicyclic) bond motifs is 1. The third kappa shape index (κ3) is 4.75. The zero-order valence-electron chi connectivity index (χ0n) is 16.9. The van der Waals surface area contributed by atoms with Crippen molar-refractivity contribution >= 4 is 5.91 Å². The molecule has 1 fully saturated rings. The van der Waals surface area contributed by atoms with E-state index in [0.29, 0.717) is 42.4 Å². The van der Waals surface area contributed by atoms with Crippen LogP contribution in [0.3, 0.4) is 0 Å². The fourth-order valence-corrected chi connectivity index (χ4v) is 3.99. The first-order valence-corrected chi connectivity index (χ1v) is 10.4. The van der Waals surface area contributed by atoms with Crippen molar-refractivity contribution in [3.8, 4) is 11.5 Å². The highest BCUT2D eigenvalue weighted by molar-refractivity contribution is 5.82. The van der Waals surface area contributed by atoms with Crippen molar-refractivity contribution in [2.45, 2.75) is 31.1 Å². The molecule has 3 atom stereocenters. The molecule has 2 aromatic carbocycles. The van der Waals surface area contributed by atoms with Crippen LogP contribution in [0.2, 0.25) is 0 Å². The maximum absolute atomic E-state index is 12.8. The van der Waals surface area contributed by atoms with Crippen LogP contribution in [0.25, 0.3) is 0 Å². The Kier molecular flexibility index (Phi) is 6.52. The van der Waals surface area contributed by atoms with Gasteiger partial charge in [-0.25, -0.2) is 0 Å². The average Bonchev–Trinajstić information content (AvgIpc) is 3.31. The van der Waals surface area contributed by atoms with E-state index in [-0.39, 0.29) is 0 Å². The Morgan fingerprint density at radius 3 is 2.40 bits per heavy atom. The van der Waals surface area contributed by atoms with Crippen LogP contribution in [0.15, 0.2) is 48.5 Å². The molecule has 1 unspecified atom stereocenters. The first-order valence-electron chi connectivity index (χ1n) is 10.4. The van der Waals surface area contributed by atoms with Crippen LogP contribution in [0.4, 0.5) is 0 Å². The lowest BCUT2D eigenvalue weighted by Crippen LogP contribution is -2.48. The van der Waals surface area contributed by atoms with E-state index in [4.69, 9.17) is 9.47 Å². The molecule has 0 radical (unpaired) electrons. The molecular formula is C23H28N2O5. The van der Waals surface area contributed by atoms with Crippen molar-refractivity contribution in [3.63, 3.8) is 0 Å². The van der Waals surface area contributed by atoms with Gasteiger partial charge in [0.1, 0.15) is 19.3 Å². The lowest BCUT2D eigenvalue weighted by Gasteiger charge is -2.30. The summed E-state index contributed by atoms with van der Waals surface area (Å²) >= 11 is 0. The summed E-state index contributed by atoms with van der Waals surface area (Å²) in [6.45, 7) is 3.33. The fraction of sp³-hybridized carbons (Fsp3) is 0.435. The molecule has 4 rings (SSSR count). The first-order chi connectivity index (χ1) is 14.6. The molecule has 0 spiro atoms. The van der Waals surface area contributed by atoms with Crippen molar-refractivity contribution < 1.29 is 24.5 Å². The van der Waals surface area contributed by atoms with E-state index in [1.807, 2.05) is 6.07 Å². The number of hydrogen-bond donors (Lipinski definition) is 3. The van der Waals surface area contributed by atoms with Crippen LogP contribution in [-0.2, 0) is 4.79 Å². The predicted octanol–water partition coefficient (Wildman–Crippen LogP) is 1.81. The summed E-state index contributed by atoms with van der Waals surface area (Å²) in [5.41, 5.74) is 1.15. The van der Waals surface area contributed by atoms with E-state index < -0.39 is 24.2 Å². The van der Waals surface area contributed by atoms with Crippen LogP contribution in [0, 0.1) is 0 Å². The minimum Gasteiger partial charge on any atom is -0.486 e. The quantitative estimate of drug-likeness (QED) is 0.643. The van der Waals surface area contributed by atoms with Gasteiger partial charge in [0.25, 0.3) is 5.91 Å². The van der Waals surface area contributed by atoms with Gasteiger partial charge in [0, 0.05) is 6.54 Å². The largest absolute Gasteiger partial charge is 0.486 e. The Hall–Kier alpha value is -2.61. The lowest BCUT2D eigenvalue weighted by atomic mass is 10.00. The number of benzene rings is 2. The molecule has 0 aromatic heterocycles. The predicted molar refractivity (Wildman–Crippen MR) is 111 cm³/mol. The van der Waals surface area contributed by atoms with Crippen LogP contribution in [0.5, 0.6) is 11.5 Å². The van der Waals surface area contributed by atoms with E-state index >= 15 is 0 Å². The third-order valence-corrected chi connectivity index (χ3v) is 5.63. The molecular weight excluding hydrogens is 384 g/mol. The number of amides is 1. The SMILES string of the molecule is O=C(N[C@H](CN1CCCC1)[C@H](O)c1ccc2c(c1)OCCO2)C(O)c1ccccc1. The van der Waals surface area contributed by atoms with E-state index in [1.54, 1.807) is 42.5 Å². The zero-order valence-corrected chi connectivity index (χ0v) is 16.9. The Morgan fingerprint density at radius 1 is 0.967 bits per heavy atom. The summed E-state index contributed by atoms with van der Waals surface area (Å²) in [6.07, 6.45) is -0.0333. The number of aliphatic hydroxyl groups is 2. The number of nitrogens with zero attached hydrogens (tertiary/aromatic N) is 1. The molecule has 0 saturated carbocycles. The maximum atomic E-state index is 12.8. The van der Waals surface area contributed by atoms with Gasteiger partial charge in [-0.1, -0.05) is 36.4 Å². The minimum absolute atomic E-state index is 0.462. The van der Waals surface area contributed by atoms with Gasteiger partial charge in [-0.15, -0.1) is 0 Å². The minimum atomic E-state index is -1.29. The van der Waals surface area contributed by atoms with Crippen molar-refractivity contribution in [3.05, 3.63) is 59.7 Å². The van der Waals surface area contributed by atoms with Crippen LogP contribution in [-0.4, -0.2) is 59.9 Å². The highest BCUT2D eigenvalue weighted by atomic mass is 16.6. The Labute approximate surface area is 176 Å². The molecule has 30 heavy (non-hydrogen) atoms. The lowest BCUT2D eigenvalue weighted by molar-refractivity contribution is -0.131. The summed E-state index contributed by atoms with van der Waals surface area (Å²) in [5.74, 6) is 0.715. The highest BCUT2D eigenvalue weighted by Crippen LogP contribution is 2.33. The number of nitrogens with one attached hydrogen (secondary N) is 1. The summed E-state index contributed by atoms with van der Waals surface area (Å²) in [6, 6.07) is 13.5. The Morgan fingerprint density at radius 2 is 1.67 bits per heavy atom. The molecule has 3 N–H and O–H groups in total. The van der Waals surface area contributed by atoms with Crippen LogP contribution < -0.4 is 14.8 Å². The van der Waals surface area contributed by atoms with Gasteiger partial charge in [0.2, 0.25) is 0 Å². The van der Waals surface area contributed by atoms with Crippen LogP contribution >= 0.6 is 0 Å². The zero-order chi connectivity index (χ0) is 20.9. The van der Waals surface area contributed by atoms with Gasteiger partial charge in [-0.2, -0.15) is 0 Å². The van der Waals surface area contributed by atoms with Crippen molar-refractivity contribution in [1.82, 2.24) is 10.2 Å².